The zero-order valence-electron chi connectivity index (χ0n) is 16.7. The van der Waals surface area contributed by atoms with Crippen molar-refractivity contribution in [3.05, 3.63) is 35.5 Å². The number of carbonyl (C=O) groups excluding carboxylic acids is 1. The largest absolute Gasteiger partial charge is 0.358 e. The Morgan fingerprint density at radius 1 is 1.19 bits per heavy atom. The smallest absolute Gasteiger partial charge is 0.225 e. The number of fused-ring (bicyclic) bond motifs is 3. The van der Waals surface area contributed by atoms with Gasteiger partial charge in [0.05, 0.1) is 0 Å². The number of likely N-dealkylation sites (N-methyl/N-ethyl adjacent to an activating group) is 1. The number of hydrogen-bond donors (Lipinski definition) is 1. The summed E-state index contributed by atoms with van der Waals surface area (Å²) in [4.78, 5) is 21.1. The SMILES string of the molecule is CCN(CC)CCN(C(=O)C(C)C)C1CCc2[nH]c3ccccc3c2C1. The van der Waals surface area contributed by atoms with E-state index in [0.29, 0.717) is 11.9 Å². The molecule has 0 aliphatic heterocycles. The molecule has 1 aliphatic rings. The van der Waals surface area contributed by atoms with Crippen molar-refractivity contribution in [2.24, 2.45) is 5.92 Å². The predicted molar refractivity (Wildman–Crippen MR) is 108 cm³/mol. The normalized spacial score (nSPS) is 17.1. The number of benzene rings is 1. The molecule has 1 atom stereocenters. The lowest BCUT2D eigenvalue weighted by molar-refractivity contribution is -0.137. The van der Waals surface area contributed by atoms with Crippen molar-refractivity contribution in [1.82, 2.24) is 14.8 Å². The van der Waals surface area contributed by atoms with Gasteiger partial charge in [0.2, 0.25) is 5.91 Å². The fraction of sp³-hybridized carbons (Fsp3) is 0.591. The summed E-state index contributed by atoms with van der Waals surface area (Å²) in [5.41, 5.74) is 4.01. The Kier molecular flexibility index (Phi) is 6.02. The highest BCUT2D eigenvalue weighted by atomic mass is 16.2. The number of para-hydroxylation sites is 1. The third-order valence-corrected chi connectivity index (χ3v) is 5.84. The summed E-state index contributed by atoms with van der Waals surface area (Å²) in [6, 6.07) is 8.86. The van der Waals surface area contributed by atoms with Crippen LogP contribution in [0, 0.1) is 5.92 Å². The number of nitrogens with zero attached hydrogens (tertiary/aromatic N) is 2. The van der Waals surface area contributed by atoms with Gasteiger partial charge in [-0.25, -0.2) is 0 Å². The van der Waals surface area contributed by atoms with Crippen LogP contribution in [0.5, 0.6) is 0 Å². The van der Waals surface area contributed by atoms with Gasteiger partial charge >= 0.3 is 0 Å². The molecule has 0 fully saturated rings. The van der Waals surface area contributed by atoms with E-state index in [1.165, 1.54) is 22.2 Å². The molecule has 1 heterocycles. The predicted octanol–water partition coefficient (Wildman–Crippen LogP) is 3.85. The summed E-state index contributed by atoms with van der Waals surface area (Å²) < 4.78 is 0. The highest BCUT2D eigenvalue weighted by Crippen LogP contribution is 2.31. The number of amides is 1. The maximum atomic E-state index is 12.9. The molecule has 1 amide bonds. The first-order valence-corrected chi connectivity index (χ1v) is 10.2. The molecule has 1 aliphatic carbocycles. The Labute approximate surface area is 157 Å². The van der Waals surface area contributed by atoms with E-state index in [1.54, 1.807) is 0 Å². The fourth-order valence-corrected chi connectivity index (χ4v) is 4.21. The minimum Gasteiger partial charge on any atom is -0.358 e. The van der Waals surface area contributed by atoms with Crippen LogP contribution in [0.15, 0.2) is 24.3 Å². The van der Waals surface area contributed by atoms with E-state index in [2.05, 4.69) is 52.9 Å². The van der Waals surface area contributed by atoms with Gasteiger partial charge < -0.3 is 14.8 Å². The van der Waals surface area contributed by atoms with Gasteiger partial charge in [-0.2, -0.15) is 0 Å². The van der Waals surface area contributed by atoms with Crippen molar-refractivity contribution in [2.75, 3.05) is 26.2 Å². The summed E-state index contributed by atoms with van der Waals surface area (Å²) in [5.74, 6) is 0.349. The van der Waals surface area contributed by atoms with Crippen molar-refractivity contribution < 1.29 is 4.79 Å². The highest BCUT2D eigenvalue weighted by molar-refractivity contribution is 5.85. The molecule has 0 saturated heterocycles. The van der Waals surface area contributed by atoms with Crippen LogP contribution in [-0.4, -0.2) is 52.9 Å². The average Bonchev–Trinajstić information content (AvgIpc) is 3.03. The van der Waals surface area contributed by atoms with Crippen molar-refractivity contribution in [2.45, 2.75) is 53.0 Å². The summed E-state index contributed by atoms with van der Waals surface area (Å²) in [6.07, 6.45) is 3.05. The lowest BCUT2D eigenvalue weighted by Gasteiger charge is -2.37. The van der Waals surface area contributed by atoms with Crippen LogP contribution in [0.1, 0.15) is 45.4 Å². The van der Waals surface area contributed by atoms with Crippen molar-refractivity contribution in [3.8, 4) is 0 Å². The van der Waals surface area contributed by atoms with Gasteiger partial charge in [0.25, 0.3) is 0 Å². The zero-order chi connectivity index (χ0) is 18.7. The monoisotopic (exact) mass is 355 g/mol. The minimum absolute atomic E-state index is 0.0519. The summed E-state index contributed by atoms with van der Waals surface area (Å²) >= 11 is 0. The average molecular weight is 356 g/mol. The third kappa shape index (κ3) is 3.80. The van der Waals surface area contributed by atoms with Gasteiger partial charge in [-0.1, -0.05) is 45.9 Å². The molecular weight excluding hydrogens is 322 g/mol. The van der Waals surface area contributed by atoms with E-state index < -0.39 is 0 Å². The van der Waals surface area contributed by atoms with Crippen LogP contribution >= 0.6 is 0 Å². The first-order chi connectivity index (χ1) is 12.5. The van der Waals surface area contributed by atoms with E-state index in [4.69, 9.17) is 0 Å². The highest BCUT2D eigenvalue weighted by Gasteiger charge is 2.30. The fourth-order valence-electron chi connectivity index (χ4n) is 4.21. The molecule has 0 bridgehead atoms. The minimum atomic E-state index is 0.0519. The van der Waals surface area contributed by atoms with Crippen molar-refractivity contribution in [1.29, 1.82) is 0 Å². The van der Waals surface area contributed by atoms with Gasteiger partial charge in [-0.05, 0) is 44.0 Å². The molecular formula is C22H33N3O. The van der Waals surface area contributed by atoms with Crippen LogP contribution in [0.3, 0.4) is 0 Å². The van der Waals surface area contributed by atoms with E-state index >= 15 is 0 Å². The lowest BCUT2D eigenvalue weighted by Crippen LogP contribution is -2.48. The molecule has 4 nitrogen and oxygen atoms in total. The molecule has 1 N–H and O–H groups in total. The molecule has 1 unspecified atom stereocenters. The van der Waals surface area contributed by atoms with Crippen LogP contribution < -0.4 is 0 Å². The molecule has 0 saturated carbocycles. The van der Waals surface area contributed by atoms with Crippen molar-refractivity contribution >= 4 is 16.8 Å². The Bertz CT molecular complexity index is 745. The van der Waals surface area contributed by atoms with Gasteiger partial charge in [0.1, 0.15) is 0 Å². The maximum absolute atomic E-state index is 12.9. The van der Waals surface area contributed by atoms with E-state index in [0.717, 1.165) is 45.4 Å². The van der Waals surface area contributed by atoms with Crippen LogP contribution in [0.4, 0.5) is 0 Å². The van der Waals surface area contributed by atoms with Gasteiger partial charge in [0.15, 0.2) is 0 Å². The zero-order valence-corrected chi connectivity index (χ0v) is 16.7. The van der Waals surface area contributed by atoms with Gasteiger partial charge in [-0.3, -0.25) is 4.79 Å². The number of aromatic amines is 1. The number of carbonyl (C=O) groups is 1. The molecule has 1 aromatic heterocycles. The first-order valence-electron chi connectivity index (χ1n) is 10.2. The Morgan fingerprint density at radius 3 is 2.62 bits per heavy atom. The number of nitrogens with one attached hydrogen (secondary N) is 1. The molecule has 0 radical (unpaired) electrons. The maximum Gasteiger partial charge on any atom is 0.225 e. The molecule has 4 heteroatoms. The summed E-state index contributed by atoms with van der Waals surface area (Å²) in [5, 5.41) is 1.33. The molecule has 2 aromatic rings. The number of H-pyrrole nitrogens is 1. The number of aryl methyl sites for hydroxylation is 1. The van der Waals surface area contributed by atoms with Gasteiger partial charge in [-0.15, -0.1) is 0 Å². The Balaban J connectivity index is 1.81. The molecule has 142 valence electrons. The number of hydrogen-bond acceptors (Lipinski definition) is 2. The molecule has 3 rings (SSSR count). The topological polar surface area (TPSA) is 39.3 Å². The molecule has 0 spiro atoms. The lowest BCUT2D eigenvalue weighted by atomic mass is 9.90. The summed E-state index contributed by atoms with van der Waals surface area (Å²) in [7, 11) is 0. The summed E-state index contributed by atoms with van der Waals surface area (Å²) in [6.45, 7) is 12.3. The third-order valence-electron chi connectivity index (χ3n) is 5.84. The van der Waals surface area contributed by atoms with Crippen LogP contribution in [-0.2, 0) is 17.6 Å². The second-order valence-corrected chi connectivity index (χ2v) is 7.74. The van der Waals surface area contributed by atoms with Crippen LogP contribution in [0.25, 0.3) is 10.9 Å². The second-order valence-electron chi connectivity index (χ2n) is 7.74. The van der Waals surface area contributed by atoms with Crippen LogP contribution in [0.2, 0.25) is 0 Å². The number of aromatic nitrogens is 1. The quantitative estimate of drug-likeness (QED) is 0.819. The Morgan fingerprint density at radius 2 is 1.92 bits per heavy atom. The standard InChI is InChI=1S/C22H33N3O/c1-5-24(6-2)13-14-25(22(26)16(3)4)17-11-12-21-19(15-17)18-9-7-8-10-20(18)23-21/h7-10,16-17,23H,5-6,11-15H2,1-4H3. The van der Waals surface area contributed by atoms with Gasteiger partial charge in [0, 0.05) is 41.6 Å². The molecule has 1 aromatic carbocycles. The first kappa shape index (κ1) is 19.0. The second kappa shape index (κ2) is 8.26. The molecule has 26 heavy (non-hydrogen) atoms. The van der Waals surface area contributed by atoms with E-state index in [-0.39, 0.29) is 5.92 Å². The number of rotatable bonds is 7. The van der Waals surface area contributed by atoms with E-state index in [1.807, 2.05) is 13.8 Å². The Hall–Kier alpha value is -1.81. The van der Waals surface area contributed by atoms with E-state index in [9.17, 15) is 4.79 Å². The van der Waals surface area contributed by atoms with Crippen molar-refractivity contribution in [3.63, 3.8) is 0 Å².